The van der Waals surface area contributed by atoms with Gasteiger partial charge in [0.2, 0.25) is 0 Å². The quantitative estimate of drug-likeness (QED) is 0.592. The van der Waals surface area contributed by atoms with Crippen LogP contribution < -0.4 is 0 Å². The van der Waals surface area contributed by atoms with Crippen LogP contribution in [0.25, 0.3) is 17.1 Å². The topological polar surface area (TPSA) is 30.7 Å². The van der Waals surface area contributed by atoms with Gasteiger partial charge in [0.1, 0.15) is 0 Å². The molecule has 118 valence electrons. The van der Waals surface area contributed by atoms with E-state index >= 15 is 0 Å². The summed E-state index contributed by atoms with van der Waals surface area (Å²) in [6.07, 6.45) is 1.03. The van der Waals surface area contributed by atoms with E-state index in [1.165, 1.54) is 5.56 Å². The molecule has 3 nitrogen and oxygen atoms in total. The number of rotatable bonds is 5. The molecule has 1 heterocycles. The molecule has 2 aromatic carbocycles. The molecule has 0 atom stereocenters. The van der Waals surface area contributed by atoms with E-state index in [2.05, 4.69) is 52.9 Å². The van der Waals surface area contributed by atoms with E-state index in [4.69, 9.17) is 11.6 Å². The maximum Gasteiger partial charge on any atom is 0.196 e. The van der Waals surface area contributed by atoms with Crippen LogP contribution in [0.4, 0.5) is 0 Å². The van der Waals surface area contributed by atoms with E-state index in [1.807, 2.05) is 24.3 Å². The second-order valence-corrected chi connectivity index (χ2v) is 6.77. The molecule has 0 unspecified atom stereocenters. The van der Waals surface area contributed by atoms with Crippen molar-refractivity contribution >= 4 is 23.4 Å². The van der Waals surface area contributed by atoms with Crippen LogP contribution in [0, 0.1) is 0 Å². The first kappa shape index (κ1) is 16.1. The van der Waals surface area contributed by atoms with Crippen molar-refractivity contribution < 1.29 is 0 Å². The van der Waals surface area contributed by atoms with Gasteiger partial charge in [-0.05, 0) is 54.1 Å². The number of nitrogens with zero attached hydrogens (tertiary/aromatic N) is 3. The summed E-state index contributed by atoms with van der Waals surface area (Å²) in [7, 11) is 0. The van der Waals surface area contributed by atoms with Gasteiger partial charge in [-0.2, -0.15) is 0 Å². The molecule has 0 bridgehead atoms. The lowest BCUT2D eigenvalue weighted by Crippen LogP contribution is -2.00. The molecule has 0 fully saturated rings. The van der Waals surface area contributed by atoms with Crippen LogP contribution >= 0.6 is 23.4 Å². The van der Waals surface area contributed by atoms with Gasteiger partial charge in [-0.15, -0.1) is 10.2 Å². The van der Waals surface area contributed by atoms with Gasteiger partial charge >= 0.3 is 0 Å². The standard InChI is InChI=1S/C18H18ClN3S/c1-3-13-5-11-16(12-6-13)22-17(20-21-18(22)23-4-2)14-7-9-15(19)10-8-14/h5-12H,3-4H2,1-2H3. The molecule has 3 rings (SSSR count). The first-order valence-corrected chi connectivity index (χ1v) is 9.02. The largest absolute Gasteiger partial charge is 0.270 e. The number of aryl methyl sites for hydroxylation is 1. The van der Waals surface area contributed by atoms with Crippen molar-refractivity contribution in [2.75, 3.05) is 5.75 Å². The van der Waals surface area contributed by atoms with Crippen LogP contribution in [0.5, 0.6) is 0 Å². The van der Waals surface area contributed by atoms with Crippen molar-refractivity contribution in [1.82, 2.24) is 14.8 Å². The number of benzene rings is 2. The maximum atomic E-state index is 6.00. The summed E-state index contributed by atoms with van der Waals surface area (Å²) >= 11 is 7.69. The maximum absolute atomic E-state index is 6.00. The molecule has 0 N–H and O–H groups in total. The molecular weight excluding hydrogens is 326 g/mol. The lowest BCUT2D eigenvalue weighted by atomic mass is 10.1. The molecule has 0 radical (unpaired) electrons. The Hall–Kier alpha value is -1.78. The number of halogens is 1. The van der Waals surface area contributed by atoms with Crippen molar-refractivity contribution in [3.8, 4) is 17.1 Å². The van der Waals surface area contributed by atoms with E-state index in [-0.39, 0.29) is 0 Å². The summed E-state index contributed by atoms with van der Waals surface area (Å²) in [6.45, 7) is 4.27. The van der Waals surface area contributed by atoms with Gasteiger partial charge in [0.05, 0.1) is 0 Å². The second kappa shape index (κ2) is 7.20. The van der Waals surface area contributed by atoms with E-state index in [1.54, 1.807) is 11.8 Å². The Labute approximate surface area is 145 Å². The first-order valence-electron chi connectivity index (χ1n) is 7.66. The Morgan fingerprint density at radius 1 is 0.957 bits per heavy atom. The molecule has 23 heavy (non-hydrogen) atoms. The Morgan fingerprint density at radius 3 is 2.26 bits per heavy atom. The summed E-state index contributed by atoms with van der Waals surface area (Å²) in [4.78, 5) is 0. The van der Waals surface area contributed by atoms with Gasteiger partial charge in [0.15, 0.2) is 11.0 Å². The predicted molar refractivity (Wildman–Crippen MR) is 97.6 cm³/mol. The zero-order chi connectivity index (χ0) is 16.2. The highest BCUT2D eigenvalue weighted by Gasteiger charge is 2.15. The number of thioether (sulfide) groups is 1. The first-order chi connectivity index (χ1) is 11.2. The van der Waals surface area contributed by atoms with Gasteiger partial charge in [-0.3, -0.25) is 4.57 Å². The molecule has 5 heteroatoms. The third-order valence-corrected chi connectivity index (χ3v) is 4.68. The molecule has 0 saturated carbocycles. The summed E-state index contributed by atoms with van der Waals surface area (Å²) in [5.74, 6) is 1.79. The van der Waals surface area contributed by atoms with Crippen LogP contribution in [0.2, 0.25) is 5.02 Å². The summed E-state index contributed by atoms with van der Waals surface area (Å²) < 4.78 is 2.11. The van der Waals surface area contributed by atoms with Crippen molar-refractivity contribution in [3.63, 3.8) is 0 Å². The lowest BCUT2D eigenvalue weighted by molar-refractivity contribution is 0.886. The Bertz CT molecular complexity index is 779. The fourth-order valence-electron chi connectivity index (χ4n) is 2.39. The molecule has 0 aliphatic carbocycles. The Balaban J connectivity index is 2.11. The highest BCUT2D eigenvalue weighted by Crippen LogP contribution is 2.28. The molecule has 0 aliphatic heterocycles. The summed E-state index contributed by atoms with van der Waals surface area (Å²) in [5.41, 5.74) is 3.40. The minimum atomic E-state index is 0.718. The SMILES string of the molecule is CCSc1nnc(-c2ccc(Cl)cc2)n1-c1ccc(CC)cc1. The van der Waals surface area contributed by atoms with Crippen LogP contribution in [-0.2, 0) is 6.42 Å². The van der Waals surface area contributed by atoms with Gasteiger partial charge in [-0.25, -0.2) is 0 Å². The number of hydrogen-bond donors (Lipinski definition) is 0. The van der Waals surface area contributed by atoms with Crippen LogP contribution in [0.1, 0.15) is 19.4 Å². The normalized spacial score (nSPS) is 10.9. The second-order valence-electron chi connectivity index (χ2n) is 5.10. The van der Waals surface area contributed by atoms with Crippen molar-refractivity contribution in [2.24, 2.45) is 0 Å². The van der Waals surface area contributed by atoms with Gasteiger partial charge in [0.25, 0.3) is 0 Å². The van der Waals surface area contributed by atoms with E-state index < -0.39 is 0 Å². The van der Waals surface area contributed by atoms with Gasteiger partial charge in [-0.1, -0.05) is 49.3 Å². The molecule has 0 amide bonds. The van der Waals surface area contributed by atoms with Crippen molar-refractivity contribution in [1.29, 1.82) is 0 Å². The average molecular weight is 344 g/mol. The van der Waals surface area contributed by atoms with Crippen LogP contribution in [0.15, 0.2) is 53.7 Å². The molecule has 1 aromatic heterocycles. The lowest BCUT2D eigenvalue weighted by Gasteiger charge is -2.10. The smallest absolute Gasteiger partial charge is 0.196 e. The third kappa shape index (κ3) is 3.43. The minimum Gasteiger partial charge on any atom is -0.270 e. The Morgan fingerprint density at radius 2 is 1.65 bits per heavy atom. The highest BCUT2D eigenvalue weighted by atomic mass is 35.5. The van der Waals surface area contributed by atoms with Gasteiger partial charge < -0.3 is 0 Å². The molecular formula is C18H18ClN3S. The van der Waals surface area contributed by atoms with E-state index in [9.17, 15) is 0 Å². The Kier molecular flexibility index (Phi) is 5.03. The summed E-state index contributed by atoms with van der Waals surface area (Å²) in [6, 6.07) is 16.3. The fourth-order valence-corrected chi connectivity index (χ4v) is 3.20. The average Bonchev–Trinajstić information content (AvgIpc) is 3.00. The minimum absolute atomic E-state index is 0.718. The zero-order valence-electron chi connectivity index (χ0n) is 13.2. The van der Waals surface area contributed by atoms with Crippen LogP contribution in [0.3, 0.4) is 0 Å². The number of aromatic nitrogens is 3. The monoisotopic (exact) mass is 343 g/mol. The molecule has 0 saturated heterocycles. The zero-order valence-corrected chi connectivity index (χ0v) is 14.7. The van der Waals surface area contributed by atoms with Gasteiger partial charge in [0, 0.05) is 16.3 Å². The molecule has 3 aromatic rings. The fraction of sp³-hybridized carbons (Fsp3) is 0.222. The van der Waals surface area contributed by atoms with E-state index in [0.717, 1.165) is 39.4 Å². The predicted octanol–water partition coefficient (Wildman–Crippen LogP) is 5.26. The summed E-state index contributed by atoms with van der Waals surface area (Å²) in [5, 5.41) is 10.4. The van der Waals surface area contributed by atoms with Crippen molar-refractivity contribution in [2.45, 2.75) is 25.4 Å². The third-order valence-electron chi connectivity index (χ3n) is 3.61. The molecule has 0 aliphatic rings. The molecule has 0 spiro atoms. The van der Waals surface area contributed by atoms with E-state index in [0.29, 0.717) is 0 Å². The highest BCUT2D eigenvalue weighted by molar-refractivity contribution is 7.99. The number of hydrogen-bond acceptors (Lipinski definition) is 3. The van der Waals surface area contributed by atoms with Crippen LogP contribution in [-0.4, -0.2) is 20.5 Å². The van der Waals surface area contributed by atoms with Crippen molar-refractivity contribution in [3.05, 3.63) is 59.1 Å².